The van der Waals surface area contributed by atoms with Crippen LogP contribution in [0, 0.1) is 0 Å². The summed E-state index contributed by atoms with van der Waals surface area (Å²) in [5.41, 5.74) is 0. The third kappa shape index (κ3) is 7.25. The van der Waals surface area contributed by atoms with Gasteiger partial charge in [0.05, 0.1) is 6.10 Å². The predicted molar refractivity (Wildman–Crippen MR) is 50.8 cm³/mol. The highest BCUT2D eigenvalue weighted by Gasteiger charge is 2.22. The van der Waals surface area contributed by atoms with Gasteiger partial charge in [-0.15, -0.1) is 0 Å². The molecule has 0 radical (unpaired) electrons. The van der Waals surface area contributed by atoms with Gasteiger partial charge in [-0.05, 0) is 13.3 Å². The first kappa shape index (κ1) is 13.8. The maximum Gasteiger partial charge on any atom is 0.284 e. The Morgan fingerprint density at radius 3 is 2.14 bits per heavy atom. The third-order valence-electron chi connectivity index (χ3n) is 1.30. The van der Waals surface area contributed by atoms with E-state index in [2.05, 4.69) is 4.18 Å². The maximum atomic E-state index is 11.0. The lowest BCUT2D eigenvalue weighted by molar-refractivity contribution is 0.218. The summed E-state index contributed by atoms with van der Waals surface area (Å²) < 4.78 is 55.3. The standard InChI is InChI=1S/C6H14O6S2/c1-3-4-6(2)12-14(10,11)5-13(7,8)9/h6H,3-5H2,1-2H3,(H,7,8,9). The Labute approximate surface area is 84.1 Å². The summed E-state index contributed by atoms with van der Waals surface area (Å²) in [6.07, 6.45) is 0.652. The molecule has 0 amide bonds. The van der Waals surface area contributed by atoms with Gasteiger partial charge in [-0.2, -0.15) is 16.8 Å². The van der Waals surface area contributed by atoms with Crippen molar-refractivity contribution in [1.82, 2.24) is 0 Å². The van der Waals surface area contributed by atoms with Crippen LogP contribution in [-0.2, 0) is 24.4 Å². The quantitative estimate of drug-likeness (QED) is 0.537. The van der Waals surface area contributed by atoms with E-state index in [1.165, 1.54) is 6.92 Å². The van der Waals surface area contributed by atoms with E-state index in [0.717, 1.165) is 6.42 Å². The number of rotatable bonds is 6. The Balaban J connectivity index is 4.37. The molecule has 0 aliphatic rings. The smallest absolute Gasteiger partial charge is 0.284 e. The van der Waals surface area contributed by atoms with Gasteiger partial charge in [-0.3, -0.25) is 8.74 Å². The lowest BCUT2D eigenvalue weighted by Crippen LogP contribution is -2.22. The zero-order valence-corrected chi connectivity index (χ0v) is 9.64. The molecular formula is C6H14O6S2. The molecule has 1 atom stereocenters. The van der Waals surface area contributed by atoms with Crippen molar-refractivity contribution < 1.29 is 25.6 Å². The Morgan fingerprint density at radius 2 is 1.79 bits per heavy atom. The molecule has 0 bridgehead atoms. The lowest BCUT2D eigenvalue weighted by Gasteiger charge is -2.10. The molecule has 0 aromatic carbocycles. The van der Waals surface area contributed by atoms with Gasteiger partial charge in [0, 0.05) is 0 Å². The van der Waals surface area contributed by atoms with Crippen molar-refractivity contribution in [3.63, 3.8) is 0 Å². The first-order chi connectivity index (χ1) is 6.16. The van der Waals surface area contributed by atoms with E-state index in [1.54, 1.807) is 0 Å². The van der Waals surface area contributed by atoms with Crippen LogP contribution in [0.3, 0.4) is 0 Å². The molecule has 0 heterocycles. The highest BCUT2D eigenvalue weighted by Crippen LogP contribution is 2.07. The van der Waals surface area contributed by atoms with Crippen molar-refractivity contribution in [2.75, 3.05) is 5.08 Å². The molecule has 0 saturated heterocycles. The SMILES string of the molecule is CCCC(C)OS(=O)(=O)CS(=O)(=O)O. The van der Waals surface area contributed by atoms with Gasteiger partial charge in [-0.1, -0.05) is 13.3 Å². The van der Waals surface area contributed by atoms with Crippen LogP contribution < -0.4 is 0 Å². The fraction of sp³-hybridized carbons (Fsp3) is 1.00. The van der Waals surface area contributed by atoms with Crippen LogP contribution in [0.2, 0.25) is 0 Å². The van der Waals surface area contributed by atoms with Gasteiger partial charge in [0.1, 0.15) is 0 Å². The fourth-order valence-corrected chi connectivity index (χ4v) is 3.19. The van der Waals surface area contributed by atoms with Gasteiger partial charge < -0.3 is 0 Å². The van der Waals surface area contributed by atoms with Crippen LogP contribution in [0.4, 0.5) is 0 Å². The topological polar surface area (TPSA) is 97.7 Å². The number of hydrogen-bond acceptors (Lipinski definition) is 5. The summed E-state index contributed by atoms with van der Waals surface area (Å²) in [7, 11) is -8.75. The normalized spacial score (nSPS) is 15.4. The van der Waals surface area contributed by atoms with Crippen molar-refractivity contribution in [3.05, 3.63) is 0 Å². The zero-order valence-electron chi connectivity index (χ0n) is 8.00. The van der Waals surface area contributed by atoms with Crippen LogP contribution >= 0.6 is 0 Å². The average Bonchev–Trinajstić information content (AvgIpc) is 1.78. The molecule has 0 spiro atoms. The Hall–Kier alpha value is -0.180. The van der Waals surface area contributed by atoms with Crippen molar-refractivity contribution in [3.8, 4) is 0 Å². The molecule has 0 aliphatic carbocycles. The fourth-order valence-electron chi connectivity index (χ4n) is 0.915. The highest BCUT2D eigenvalue weighted by molar-refractivity contribution is 8.03. The van der Waals surface area contributed by atoms with Gasteiger partial charge in [0.2, 0.25) is 5.08 Å². The van der Waals surface area contributed by atoms with Gasteiger partial charge in [-0.25, -0.2) is 0 Å². The molecular weight excluding hydrogens is 232 g/mol. The van der Waals surface area contributed by atoms with Gasteiger partial charge >= 0.3 is 0 Å². The molecule has 86 valence electrons. The largest absolute Gasteiger partial charge is 0.285 e. The monoisotopic (exact) mass is 246 g/mol. The van der Waals surface area contributed by atoms with E-state index in [1.807, 2.05) is 6.92 Å². The molecule has 14 heavy (non-hydrogen) atoms. The van der Waals surface area contributed by atoms with E-state index in [0.29, 0.717) is 6.42 Å². The molecule has 0 rings (SSSR count). The zero-order chi connectivity index (χ0) is 11.4. The van der Waals surface area contributed by atoms with Gasteiger partial charge in [0.25, 0.3) is 20.2 Å². The molecule has 1 unspecified atom stereocenters. The molecule has 0 aliphatic heterocycles. The minimum Gasteiger partial charge on any atom is -0.285 e. The highest BCUT2D eigenvalue weighted by atomic mass is 32.3. The van der Waals surface area contributed by atoms with Crippen LogP contribution in [0.25, 0.3) is 0 Å². The number of hydrogen-bond donors (Lipinski definition) is 1. The molecule has 1 N–H and O–H groups in total. The first-order valence-corrected chi connectivity index (χ1v) is 7.21. The molecule has 0 aromatic heterocycles. The van der Waals surface area contributed by atoms with Gasteiger partial charge in [0.15, 0.2) is 0 Å². The van der Waals surface area contributed by atoms with E-state index in [-0.39, 0.29) is 0 Å². The Morgan fingerprint density at radius 1 is 1.29 bits per heavy atom. The first-order valence-electron chi connectivity index (χ1n) is 4.02. The molecule has 0 aromatic rings. The van der Waals surface area contributed by atoms with Crippen molar-refractivity contribution in [2.45, 2.75) is 32.8 Å². The molecule has 0 fully saturated rings. The summed E-state index contributed by atoms with van der Waals surface area (Å²) in [4.78, 5) is 0. The van der Waals surface area contributed by atoms with E-state index in [4.69, 9.17) is 4.55 Å². The van der Waals surface area contributed by atoms with Crippen LogP contribution in [-0.4, -0.2) is 32.6 Å². The second kappa shape index (κ2) is 5.06. The van der Waals surface area contributed by atoms with Crippen molar-refractivity contribution >= 4 is 20.2 Å². The second-order valence-electron chi connectivity index (χ2n) is 2.95. The van der Waals surface area contributed by atoms with Crippen LogP contribution in [0.15, 0.2) is 0 Å². The summed E-state index contributed by atoms with van der Waals surface area (Å²) in [5, 5.41) is -1.39. The summed E-state index contributed by atoms with van der Waals surface area (Å²) in [6, 6.07) is 0. The summed E-state index contributed by atoms with van der Waals surface area (Å²) in [5.74, 6) is 0. The second-order valence-corrected chi connectivity index (χ2v) is 6.37. The average molecular weight is 246 g/mol. The van der Waals surface area contributed by atoms with Crippen molar-refractivity contribution in [1.29, 1.82) is 0 Å². The van der Waals surface area contributed by atoms with Crippen LogP contribution in [0.1, 0.15) is 26.7 Å². The summed E-state index contributed by atoms with van der Waals surface area (Å²) >= 11 is 0. The minimum absolute atomic E-state index is 0.505. The molecule has 8 heteroatoms. The lowest BCUT2D eigenvalue weighted by atomic mass is 10.2. The van der Waals surface area contributed by atoms with Crippen molar-refractivity contribution in [2.24, 2.45) is 0 Å². The maximum absolute atomic E-state index is 11.0. The minimum atomic E-state index is -4.56. The van der Waals surface area contributed by atoms with Crippen LogP contribution in [0.5, 0.6) is 0 Å². The third-order valence-corrected chi connectivity index (χ3v) is 4.27. The molecule has 6 nitrogen and oxygen atoms in total. The molecule has 0 saturated carbocycles. The summed E-state index contributed by atoms with van der Waals surface area (Å²) in [6.45, 7) is 3.36. The van der Waals surface area contributed by atoms with E-state index < -0.39 is 31.4 Å². The van der Waals surface area contributed by atoms with E-state index in [9.17, 15) is 16.8 Å². The predicted octanol–water partition coefficient (Wildman–Crippen LogP) is 0.367. The Bertz CT molecular complexity index is 354. The van der Waals surface area contributed by atoms with E-state index >= 15 is 0 Å². The Kier molecular flexibility index (Phi) is 4.99.